The number of hydrogen-bond donors (Lipinski definition) is 1. The molecule has 0 radical (unpaired) electrons. The van der Waals surface area contributed by atoms with Crippen LogP contribution in [0, 0.1) is 5.82 Å². The Morgan fingerprint density at radius 1 is 1.26 bits per heavy atom. The molecule has 0 saturated carbocycles. The first kappa shape index (κ1) is 19.4. The number of rotatable bonds is 6. The van der Waals surface area contributed by atoms with Crippen molar-refractivity contribution >= 4 is 23.3 Å². The van der Waals surface area contributed by atoms with E-state index < -0.39 is 5.82 Å². The Labute approximate surface area is 162 Å². The van der Waals surface area contributed by atoms with Crippen LogP contribution in [0.1, 0.15) is 5.56 Å². The average molecular weight is 393 g/mol. The number of nitrogens with one attached hydrogen (secondary N) is 1. The highest BCUT2D eigenvalue weighted by Gasteiger charge is 2.15. The second kappa shape index (κ2) is 9.01. The number of aromatic nitrogens is 1. The molecule has 2 aromatic rings. The van der Waals surface area contributed by atoms with E-state index >= 15 is 0 Å². The fourth-order valence-corrected chi connectivity index (χ4v) is 2.88. The van der Waals surface area contributed by atoms with E-state index in [4.69, 9.17) is 16.3 Å². The molecule has 8 heteroatoms. The van der Waals surface area contributed by atoms with Crippen molar-refractivity contribution in [2.24, 2.45) is 0 Å². The number of halogens is 2. The highest BCUT2D eigenvalue weighted by Crippen LogP contribution is 2.21. The summed E-state index contributed by atoms with van der Waals surface area (Å²) >= 11 is 5.68. The largest absolute Gasteiger partial charge is 0.484 e. The monoisotopic (exact) mass is 392 g/mol. The molecule has 3 rings (SSSR count). The fraction of sp³-hybridized carbons (Fsp3) is 0.368. The summed E-state index contributed by atoms with van der Waals surface area (Å²) in [6, 6.07) is 7.90. The number of carbonyl (C=O) groups is 1. The topological polar surface area (TPSA) is 57.7 Å². The van der Waals surface area contributed by atoms with E-state index in [2.05, 4.69) is 27.1 Å². The Balaban J connectivity index is 1.43. The summed E-state index contributed by atoms with van der Waals surface area (Å²) in [7, 11) is 2.12. The second-order valence-corrected chi connectivity index (χ2v) is 6.86. The molecule has 0 unspecified atom stereocenters. The number of nitrogens with zero attached hydrogens (tertiary/aromatic N) is 3. The molecule has 1 aromatic carbocycles. The SMILES string of the molecule is CN1CCN(c2ccc(CNC(=O)COc3ccc(F)c(Cl)c3)cn2)CC1. The molecule has 1 aliphatic heterocycles. The smallest absolute Gasteiger partial charge is 0.258 e. The van der Waals surface area contributed by atoms with Gasteiger partial charge in [0.1, 0.15) is 17.4 Å². The summed E-state index contributed by atoms with van der Waals surface area (Å²) in [4.78, 5) is 20.9. The molecule has 27 heavy (non-hydrogen) atoms. The number of likely N-dealkylation sites (N-methyl/N-ethyl adjacent to an activating group) is 1. The zero-order valence-corrected chi connectivity index (χ0v) is 15.9. The molecular weight excluding hydrogens is 371 g/mol. The van der Waals surface area contributed by atoms with E-state index in [1.807, 2.05) is 12.1 Å². The Bertz CT molecular complexity index is 780. The first-order valence-corrected chi connectivity index (χ1v) is 9.12. The van der Waals surface area contributed by atoms with Crippen molar-refractivity contribution in [2.45, 2.75) is 6.54 Å². The van der Waals surface area contributed by atoms with E-state index in [1.165, 1.54) is 18.2 Å². The molecule has 1 fully saturated rings. The van der Waals surface area contributed by atoms with E-state index in [1.54, 1.807) is 6.20 Å². The molecule has 0 bridgehead atoms. The first-order valence-electron chi connectivity index (χ1n) is 8.74. The van der Waals surface area contributed by atoms with Crippen molar-refractivity contribution in [1.29, 1.82) is 0 Å². The predicted octanol–water partition coefficient (Wildman–Crippen LogP) is 2.32. The number of anilines is 1. The molecule has 0 spiro atoms. The second-order valence-electron chi connectivity index (χ2n) is 6.46. The Kier molecular flexibility index (Phi) is 6.47. The molecule has 0 aliphatic carbocycles. The maximum atomic E-state index is 13.1. The minimum atomic E-state index is -0.527. The summed E-state index contributed by atoms with van der Waals surface area (Å²) < 4.78 is 18.4. The van der Waals surface area contributed by atoms with E-state index in [-0.39, 0.29) is 17.5 Å². The molecule has 0 atom stereocenters. The van der Waals surface area contributed by atoms with Gasteiger partial charge in [-0.1, -0.05) is 17.7 Å². The minimum absolute atomic E-state index is 0.0422. The lowest BCUT2D eigenvalue weighted by Crippen LogP contribution is -2.44. The summed E-state index contributed by atoms with van der Waals surface area (Å²) in [5.74, 6) is 0.490. The predicted molar refractivity (Wildman–Crippen MR) is 103 cm³/mol. The Morgan fingerprint density at radius 3 is 2.70 bits per heavy atom. The molecule has 6 nitrogen and oxygen atoms in total. The van der Waals surface area contributed by atoms with Gasteiger partial charge in [-0.15, -0.1) is 0 Å². The summed E-state index contributed by atoms with van der Waals surface area (Å²) in [5.41, 5.74) is 0.908. The molecular formula is C19H22ClFN4O2. The van der Waals surface area contributed by atoms with Crippen molar-refractivity contribution in [3.63, 3.8) is 0 Å². The third-order valence-corrected chi connectivity index (χ3v) is 4.68. The third-order valence-electron chi connectivity index (χ3n) is 4.39. The summed E-state index contributed by atoms with van der Waals surface area (Å²) in [6.45, 7) is 4.17. The number of ether oxygens (including phenoxy) is 1. The van der Waals surface area contributed by atoms with E-state index in [0.717, 1.165) is 37.6 Å². The number of piperazine rings is 1. The van der Waals surface area contributed by atoms with Gasteiger partial charge in [-0.05, 0) is 30.8 Å². The maximum absolute atomic E-state index is 13.1. The van der Waals surface area contributed by atoms with Crippen LogP contribution in [-0.4, -0.2) is 55.6 Å². The number of hydrogen-bond acceptors (Lipinski definition) is 5. The van der Waals surface area contributed by atoms with Gasteiger partial charge in [0.2, 0.25) is 0 Å². The van der Waals surface area contributed by atoms with Crippen LogP contribution in [0.5, 0.6) is 5.75 Å². The highest BCUT2D eigenvalue weighted by atomic mass is 35.5. The average Bonchev–Trinajstić information content (AvgIpc) is 2.68. The van der Waals surface area contributed by atoms with E-state index in [0.29, 0.717) is 12.3 Å². The molecule has 144 valence electrons. The van der Waals surface area contributed by atoms with Crippen molar-refractivity contribution in [2.75, 3.05) is 44.7 Å². The van der Waals surface area contributed by atoms with Crippen molar-refractivity contribution < 1.29 is 13.9 Å². The van der Waals surface area contributed by atoms with Gasteiger partial charge < -0.3 is 19.9 Å². The van der Waals surface area contributed by atoms with E-state index in [9.17, 15) is 9.18 Å². The highest BCUT2D eigenvalue weighted by molar-refractivity contribution is 6.30. The summed E-state index contributed by atoms with van der Waals surface area (Å²) in [6.07, 6.45) is 1.77. The van der Waals surface area contributed by atoms with Crippen LogP contribution in [0.25, 0.3) is 0 Å². The fourth-order valence-electron chi connectivity index (χ4n) is 2.71. The van der Waals surface area contributed by atoms with Gasteiger partial charge in [0.15, 0.2) is 6.61 Å². The molecule has 1 aromatic heterocycles. The van der Waals surface area contributed by atoms with Crippen LogP contribution in [0.4, 0.5) is 10.2 Å². The van der Waals surface area contributed by atoms with Gasteiger partial charge in [0.05, 0.1) is 5.02 Å². The quantitative estimate of drug-likeness (QED) is 0.817. The van der Waals surface area contributed by atoms with Gasteiger partial charge in [0, 0.05) is 45.0 Å². The number of benzene rings is 1. The molecule has 2 heterocycles. The van der Waals surface area contributed by atoms with Gasteiger partial charge in [-0.3, -0.25) is 4.79 Å². The third kappa shape index (κ3) is 5.55. The molecule has 1 N–H and O–H groups in total. The molecule has 1 aliphatic rings. The van der Waals surface area contributed by atoms with Crippen LogP contribution in [-0.2, 0) is 11.3 Å². The van der Waals surface area contributed by atoms with Gasteiger partial charge in [0.25, 0.3) is 5.91 Å². The minimum Gasteiger partial charge on any atom is -0.484 e. The standard InChI is InChI=1S/C19H22ClFN4O2/c1-24-6-8-25(9-7-24)18-5-2-14(11-22-18)12-23-19(26)13-27-15-3-4-17(21)16(20)10-15/h2-5,10-11H,6-9,12-13H2,1H3,(H,23,26). The van der Waals surface area contributed by atoms with Gasteiger partial charge in [-0.25, -0.2) is 9.37 Å². The van der Waals surface area contributed by atoms with Crippen LogP contribution < -0.4 is 15.0 Å². The van der Waals surface area contributed by atoms with Gasteiger partial charge in [-0.2, -0.15) is 0 Å². The summed E-state index contributed by atoms with van der Waals surface area (Å²) in [5, 5.41) is 2.73. The van der Waals surface area contributed by atoms with Crippen LogP contribution in [0.15, 0.2) is 36.5 Å². The molecule has 1 saturated heterocycles. The van der Waals surface area contributed by atoms with Crippen molar-refractivity contribution in [1.82, 2.24) is 15.2 Å². The lowest BCUT2D eigenvalue weighted by molar-refractivity contribution is -0.123. The Morgan fingerprint density at radius 2 is 2.04 bits per heavy atom. The van der Waals surface area contributed by atoms with Crippen molar-refractivity contribution in [3.05, 3.63) is 52.9 Å². The zero-order chi connectivity index (χ0) is 19.2. The lowest BCUT2D eigenvalue weighted by Gasteiger charge is -2.33. The zero-order valence-electron chi connectivity index (χ0n) is 15.1. The number of amides is 1. The van der Waals surface area contributed by atoms with Crippen LogP contribution >= 0.6 is 11.6 Å². The lowest BCUT2D eigenvalue weighted by atomic mass is 10.2. The molecule has 1 amide bonds. The number of carbonyl (C=O) groups excluding carboxylic acids is 1. The maximum Gasteiger partial charge on any atom is 0.258 e. The number of pyridine rings is 1. The van der Waals surface area contributed by atoms with Gasteiger partial charge >= 0.3 is 0 Å². The Hall–Kier alpha value is -2.38. The van der Waals surface area contributed by atoms with Crippen LogP contribution in [0.3, 0.4) is 0 Å². The van der Waals surface area contributed by atoms with Crippen LogP contribution in [0.2, 0.25) is 5.02 Å². The van der Waals surface area contributed by atoms with Crippen molar-refractivity contribution in [3.8, 4) is 5.75 Å². The normalized spacial score (nSPS) is 14.9. The first-order chi connectivity index (χ1) is 13.0.